The lowest BCUT2D eigenvalue weighted by Gasteiger charge is -2.13. The van der Waals surface area contributed by atoms with Crippen LogP contribution in [0, 0.1) is 18.6 Å². The zero-order chi connectivity index (χ0) is 23.4. The number of oxime groups is 1. The normalized spacial score (nSPS) is 11.5. The van der Waals surface area contributed by atoms with Gasteiger partial charge in [-0.2, -0.15) is 0 Å². The SMILES string of the molecule is COc1ccc(-c2cc(/C(C)=N\OCc3ccccc3F)c(C)n2-c2ccccc2F)cc1. The number of ether oxygens (including phenoxy) is 1. The predicted octanol–water partition coefficient (Wildman–Crippen LogP) is 6.68. The van der Waals surface area contributed by atoms with Crippen LogP contribution in [0.25, 0.3) is 16.9 Å². The first kappa shape index (κ1) is 22.3. The highest BCUT2D eigenvalue weighted by molar-refractivity contribution is 6.01. The van der Waals surface area contributed by atoms with Crippen LogP contribution < -0.4 is 4.74 Å². The highest BCUT2D eigenvalue weighted by Gasteiger charge is 2.19. The lowest BCUT2D eigenvalue weighted by atomic mass is 10.1. The molecule has 0 saturated heterocycles. The van der Waals surface area contributed by atoms with E-state index in [1.165, 1.54) is 12.1 Å². The minimum atomic E-state index is -0.339. The maximum atomic E-state index is 14.8. The number of methoxy groups -OCH3 is 1. The van der Waals surface area contributed by atoms with E-state index in [-0.39, 0.29) is 18.2 Å². The van der Waals surface area contributed by atoms with Crippen molar-refractivity contribution in [1.29, 1.82) is 0 Å². The first-order chi connectivity index (χ1) is 16.0. The molecule has 4 rings (SSSR count). The Hall–Kier alpha value is -3.93. The molecule has 168 valence electrons. The van der Waals surface area contributed by atoms with Gasteiger partial charge in [0, 0.05) is 16.8 Å². The van der Waals surface area contributed by atoms with Gasteiger partial charge in [0.25, 0.3) is 0 Å². The van der Waals surface area contributed by atoms with Crippen LogP contribution >= 0.6 is 0 Å². The largest absolute Gasteiger partial charge is 0.497 e. The topological polar surface area (TPSA) is 35.8 Å². The summed E-state index contributed by atoms with van der Waals surface area (Å²) in [7, 11) is 1.61. The Kier molecular flexibility index (Phi) is 6.54. The molecule has 0 unspecified atom stereocenters. The molecule has 6 heteroatoms. The van der Waals surface area contributed by atoms with Gasteiger partial charge in [0.15, 0.2) is 0 Å². The van der Waals surface area contributed by atoms with Crippen LogP contribution in [0.4, 0.5) is 8.78 Å². The second kappa shape index (κ2) is 9.69. The van der Waals surface area contributed by atoms with Crippen molar-refractivity contribution in [3.8, 4) is 22.7 Å². The summed E-state index contributed by atoms with van der Waals surface area (Å²) in [5, 5.41) is 4.21. The van der Waals surface area contributed by atoms with E-state index in [9.17, 15) is 8.78 Å². The van der Waals surface area contributed by atoms with Gasteiger partial charge in [-0.3, -0.25) is 0 Å². The number of nitrogens with zero attached hydrogens (tertiary/aromatic N) is 2. The molecule has 0 saturated carbocycles. The van der Waals surface area contributed by atoms with Crippen LogP contribution in [0.5, 0.6) is 5.75 Å². The molecule has 0 radical (unpaired) electrons. The fourth-order valence-electron chi connectivity index (χ4n) is 3.75. The number of hydrogen-bond acceptors (Lipinski definition) is 3. The molecule has 1 aromatic heterocycles. The van der Waals surface area contributed by atoms with Crippen LogP contribution in [-0.4, -0.2) is 17.4 Å². The summed E-state index contributed by atoms with van der Waals surface area (Å²) in [5.41, 5.74) is 4.78. The molecular weight excluding hydrogens is 422 g/mol. The minimum absolute atomic E-state index is 0.0163. The molecule has 0 aliphatic heterocycles. The first-order valence-electron chi connectivity index (χ1n) is 10.5. The van der Waals surface area contributed by atoms with Crippen molar-refractivity contribution in [3.05, 3.63) is 107 Å². The predicted molar refractivity (Wildman–Crippen MR) is 126 cm³/mol. The van der Waals surface area contributed by atoms with Crippen molar-refractivity contribution in [2.24, 2.45) is 5.16 Å². The molecule has 0 spiro atoms. The van der Waals surface area contributed by atoms with Crippen molar-refractivity contribution < 1.29 is 18.4 Å². The number of aromatic nitrogens is 1. The van der Waals surface area contributed by atoms with Crippen molar-refractivity contribution in [2.75, 3.05) is 7.11 Å². The maximum Gasteiger partial charge on any atom is 0.147 e. The van der Waals surface area contributed by atoms with Gasteiger partial charge < -0.3 is 14.1 Å². The third kappa shape index (κ3) is 4.65. The van der Waals surface area contributed by atoms with Crippen LogP contribution in [0.1, 0.15) is 23.7 Å². The standard InChI is InChI=1S/C27H24F2N2O2/c1-18(30-33-17-21-8-4-5-9-24(21)28)23-16-27(20-12-14-22(32-3)15-13-20)31(19(23)2)26-11-7-6-10-25(26)29/h4-16H,17H2,1-3H3/b30-18-. The van der Waals surface area contributed by atoms with E-state index in [0.717, 1.165) is 28.3 Å². The summed E-state index contributed by atoms with van der Waals surface area (Å²) in [4.78, 5) is 5.43. The Bertz CT molecular complexity index is 1290. The summed E-state index contributed by atoms with van der Waals surface area (Å²) in [5.74, 6) is 0.0657. The third-order valence-electron chi connectivity index (χ3n) is 5.50. The smallest absolute Gasteiger partial charge is 0.147 e. The van der Waals surface area contributed by atoms with E-state index in [0.29, 0.717) is 17.0 Å². The molecule has 0 fully saturated rings. The molecule has 0 amide bonds. The molecule has 4 nitrogen and oxygen atoms in total. The van der Waals surface area contributed by atoms with Gasteiger partial charge >= 0.3 is 0 Å². The van der Waals surface area contributed by atoms with Crippen molar-refractivity contribution in [1.82, 2.24) is 4.57 Å². The van der Waals surface area contributed by atoms with Gasteiger partial charge in [-0.25, -0.2) is 8.78 Å². The van der Waals surface area contributed by atoms with E-state index in [1.807, 2.05) is 48.7 Å². The van der Waals surface area contributed by atoms with Crippen molar-refractivity contribution in [2.45, 2.75) is 20.5 Å². The Balaban J connectivity index is 1.74. The number of benzene rings is 3. The van der Waals surface area contributed by atoms with Crippen molar-refractivity contribution >= 4 is 5.71 Å². The second-order valence-electron chi connectivity index (χ2n) is 7.59. The van der Waals surface area contributed by atoms with Gasteiger partial charge in [0.05, 0.1) is 24.2 Å². The minimum Gasteiger partial charge on any atom is -0.497 e. The summed E-state index contributed by atoms with van der Waals surface area (Å²) >= 11 is 0. The number of rotatable bonds is 7. The Morgan fingerprint density at radius 3 is 2.24 bits per heavy atom. The summed E-state index contributed by atoms with van der Waals surface area (Å²) in [6.45, 7) is 3.74. The highest BCUT2D eigenvalue weighted by Crippen LogP contribution is 2.32. The zero-order valence-corrected chi connectivity index (χ0v) is 18.7. The molecule has 3 aromatic carbocycles. The van der Waals surface area contributed by atoms with E-state index in [2.05, 4.69) is 5.16 Å². The van der Waals surface area contributed by atoms with Gasteiger partial charge in [0.2, 0.25) is 0 Å². The maximum absolute atomic E-state index is 14.8. The average molecular weight is 446 g/mol. The summed E-state index contributed by atoms with van der Waals surface area (Å²) < 4.78 is 35.8. The zero-order valence-electron chi connectivity index (χ0n) is 18.7. The highest BCUT2D eigenvalue weighted by atomic mass is 19.1. The molecule has 0 aliphatic rings. The number of halogens is 2. The van der Waals surface area contributed by atoms with E-state index in [1.54, 1.807) is 43.5 Å². The van der Waals surface area contributed by atoms with Crippen molar-refractivity contribution in [3.63, 3.8) is 0 Å². The summed E-state index contributed by atoms with van der Waals surface area (Å²) in [6, 6.07) is 22.6. The molecular formula is C27H24F2N2O2. The molecule has 33 heavy (non-hydrogen) atoms. The third-order valence-corrected chi connectivity index (χ3v) is 5.50. The molecule has 0 bridgehead atoms. The van der Waals surface area contributed by atoms with Crippen LogP contribution in [-0.2, 0) is 11.4 Å². The quantitative estimate of drug-likeness (QED) is 0.234. The monoisotopic (exact) mass is 446 g/mol. The fraction of sp³-hybridized carbons (Fsp3) is 0.148. The molecule has 1 heterocycles. The first-order valence-corrected chi connectivity index (χ1v) is 10.5. The van der Waals surface area contributed by atoms with Gasteiger partial charge in [0.1, 0.15) is 24.0 Å². The van der Waals surface area contributed by atoms with Crippen LogP contribution in [0.3, 0.4) is 0 Å². The Morgan fingerprint density at radius 1 is 0.909 bits per heavy atom. The van der Waals surface area contributed by atoms with E-state index in [4.69, 9.17) is 9.57 Å². The lowest BCUT2D eigenvalue weighted by molar-refractivity contribution is 0.128. The van der Waals surface area contributed by atoms with Gasteiger partial charge in [-0.1, -0.05) is 35.5 Å². The fourth-order valence-corrected chi connectivity index (χ4v) is 3.75. The van der Waals surface area contributed by atoms with E-state index >= 15 is 0 Å². The van der Waals surface area contributed by atoms with Gasteiger partial charge in [-0.15, -0.1) is 0 Å². The lowest BCUT2D eigenvalue weighted by Crippen LogP contribution is -2.04. The average Bonchev–Trinajstić information content (AvgIpc) is 3.17. The summed E-state index contributed by atoms with van der Waals surface area (Å²) in [6.07, 6.45) is 0. The number of hydrogen-bond donors (Lipinski definition) is 0. The molecule has 0 aliphatic carbocycles. The molecule has 4 aromatic rings. The Labute approximate surface area is 191 Å². The molecule has 0 N–H and O–H groups in total. The second-order valence-corrected chi connectivity index (χ2v) is 7.59. The van der Waals surface area contributed by atoms with Gasteiger partial charge in [-0.05, 0) is 67.9 Å². The Morgan fingerprint density at radius 2 is 1.58 bits per heavy atom. The van der Waals surface area contributed by atoms with E-state index < -0.39 is 0 Å². The van der Waals surface area contributed by atoms with Crippen LogP contribution in [0.15, 0.2) is 84.0 Å². The molecule has 0 atom stereocenters. The van der Waals surface area contributed by atoms with Crippen LogP contribution in [0.2, 0.25) is 0 Å². The number of para-hydroxylation sites is 1.